The van der Waals surface area contributed by atoms with Crippen LogP contribution in [0.5, 0.6) is 0 Å². The number of phosphoric acid groups is 1. The number of hydrogen-bond donors (Lipinski definition) is 5. The van der Waals surface area contributed by atoms with Crippen LogP contribution in [0, 0.1) is 25.7 Å². The number of carbonyl (C=O) groups is 2. The molecule has 0 aromatic heterocycles. The Bertz CT molecular complexity index is 3030. The van der Waals surface area contributed by atoms with Gasteiger partial charge in [-0.05, 0) is 101 Å². The first-order chi connectivity index (χ1) is 40.3. The van der Waals surface area contributed by atoms with Gasteiger partial charge < -0.3 is 53.9 Å². The second-order valence-electron chi connectivity index (χ2n) is 22.2. The van der Waals surface area contributed by atoms with E-state index in [1.165, 1.54) is 24.3 Å². The number of amides is 2. The molecule has 84 heavy (non-hydrogen) atoms. The Hall–Kier alpha value is -4.93. The average Bonchev–Trinajstić information content (AvgIpc) is 3.21. The molecule has 26 heteroatoms. The number of ether oxygens (including phenoxy) is 6. The Labute approximate surface area is 490 Å². The molecular formula is C58H77N4O19PS2. The number of aliphatic hydroxyl groups excluding tert-OH is 1. The van der Waals surface area contributed by atoms with Crippen molar-refractivity contribution in [2.24, 2.45) is 11.8 Å². The number of nitrogens with one attached hydrogen (secondary N) is 2. The van der Waals surface area contributed by atoms with Gasteiger partial charge >= 0.3 is 20.0 Å². The van der Waals surface area contributed by atoms with Gasteiger partial charge in [0.25, 0.3) is 20.0 Å². The summed E-state index contributed by atoms with van der Waals surface area (Å²) in [5.41, 5.74) is 3.35. The third-order valence-electron chi connectivity index (χ3n) is 15.9. The molecule has 4 aromatic carbocycles. The van der Waals surface area contributed by atoms with Crippen molar-refractivity contribution >= 4 is 40.1 Å². The third-order valence-corrected chi connectivity index (χ3v) is 19.7. The number of phosphoric ester groups is 1. The van der Waals surface area contributed by atoms with Crippen LogP contribution in [0.25, 0.3) is 0 Å². The number of fused-ring (bicyclic) bond motifs is 2. The minimum absolute atomic E-state index is 0.0294. The van der Waals surface area contributed by atoms with Crippen molar-refractivity contribution in [1.29, 1.82) is 0 Å². The van der Waals surface area contributed by atoms with Crippen LogP contribution >= 0.6 is 7.82 Å². The number of hydroxylamine groups is 2. The van der Waals surface area contributed by atoms with E-state index in [1.807, 2.05) is 44.2 Å². The lowest BCUT2D eigenvalue weighted by Crippen LogP contribution is -2.52. The number of benzene rings is 4. The molecule has 0 spiro atoms. The van der Waals surface area contributed by atoms with Gasteiger partial charge in [-0.3, -0.25) is 14.2 Å². The van der Waals surface area contributed by atoms with Crippen LogP contribution in [0.15, 0.2) is 119 Å². The van der Waals surface area contributed by atoms with Gasteiger partial charge in [0.2, 0.25) is 0 Å². The summed E-state index contributed by atoms with van der Waals surface area (Å²) in [6, 6.07) is 29.0. The molecule has 10 rings (SSSR count). The quantitative estimate of drug-likeness (QED) is 0.0358. The van der Waals surface area contributed by atoms with Crippen molar-refractivity contribution in [3.05, 3.63) is 131 Å². The van der Waals surface area contributed by atoms with Crippen molar-refractivity contribution in [2.45, 2.75) is 162 Å². The summed E-state index contributed by atoms with van der Waals surface area (Å²) in [4.78, 5) is 58.1. The number of carbonyl (C=O) groups excluding carboxylic acids is 2. The largest absolute Gasteiger partial charge is 0.469 e. The molecule has 0 unspecified atom stereocenters. The summed E-state index contributed by atoms with van der Waals surface area (Å²) in [6.45, 7) is 4.14. The minimum Gasteiger partial charge on any atom is -0.443 e. The number of alkyl carbamates (subject to hydrolysis) is 2. The maximum atomic E-state index is 13.9. The molecule has 2 saturated carbocycles. The molecule has 23 nitrogen and oxygen atoms in total. The summed E-state index contributed by atoms with van der Waals surface area (Å²) in [5, 5.41) is 16.9. The van der Waals surface area contributed by atoms with E-state index in [-0.39, 0.29) is 66.6 Å². The minimum atomic E-state index is -5.20. The lowest BCUT2D eigenvalue weighted by atomic mass is 10.0. The highest BCUT2D eigenvalue weighted by Crippen LogP contribution is 2.40. The molecule has 0 radical (unpaired) electrons. The first-order valence-corrected chi connectivity index (χ1v) is 33.1. The molecule has 460 valence electrons. The Morgan fingerprint density at radius 3 is 1.42 bits per heavy atom. The number of rotatable bonds is 24. The molecule has 2 amide bonds. The normalized spacial score (nSPS) is 24.2. The molecule has 0 bridgehead atoms. The Morgan fingerprint density at radius 2 is 0.988 bits per heavy atom. The van der Waals surface area contributed by atoms with Gasteiger partial charge in [0, 0.05) is 0 Å². The molecule has 4 aliphatic heterocycles. The number of sulfonamides is 2. The fraction of sp³-hybridized carbons (Fsp3) is 0.552. The number of nitrogens with zero attached hydrogens (tertiary/aromatic N) is 2. The van der Waals surface area contributed by atoms with Gasteiger partial charge in [0.15, 0.2) is 12.6 Å². The second-order valence-corrected chi connectivity index (χ2v) is 27.0. The zero-order valence-corrected chi connectivity index (χ0v) is 49.6. The Balaban J connectivity index is 0.000000202. The average molecular weight is 1230 g/mol. The summed E-state index contributed by atoms with van der Waals surface area (Å²) in [7, 11) is -13.6. The van der Waals surface area contributed by atoms with E-state index in [2.05, 4.69) is 10.6 Å². The molecular weight excluding hydrogens is 1150 g/mol. The molecule has 4 aromatic rings. The molecule has 10 atom stereocenters. The lowest BCUT2D eigenvalue weighted by molar-refractivity contribution is -0.145. The fourth-order valence-electron chi connectivity index (χ4n) is 11.2. The summed E-state index contributed by atoms with van der Waals surface area (Å²) < 4.78 is 108. The highest BCUT2D eigenvalue weighted by molar-refractivity contribution is 7.89. The van der Waals surface area contributed by atoms with Crippen molar-refractivity contribution < 1.29 is 88.5 Å². The Morgan fingerprint density at radius 1 is 0.583 bits per heavy atom. The van der Waals surface area contributed by atoms with Crippen LogP contribution < -0.4 is 10.6 Å². The predicted molar refractivity (Wildman–Crippen MR) is 302 cm³/mol. The van der Waals surface area contributed by atoms with Crippen molar-refractivity contribution in [3.8, 4) is 0 Å². The zero-order valence-electron chi connectivity index (χ0n) is 47.1. The topological polar surface area (TPSA) is 294 Å². The first-order valence-electron chi connectivity index (χ1n) is 28.7. The molecule has 6 fully saturated rings. The van der Waals surface area contributed by atoms with Crippen molar-refractivity contribution in [3.63, 3.8) is 0 Å². The van der Waals surface area contributed by atoms with E-state index in [0.29, 0.717) is 38.0 Å². The molecule has 5 N–H and O–H groups in total. The standard InChI is InChI=1S/C29H39N2O11PS.C29H38N2O8S/c1-20-11-13-23(14-12-20)44(36,37)31(41-22-9-5-6-10-22)18-26(42-43(33,34)35)25(17-21-7-3-2-4-8-21)30-29(32)40-27-19-39-28-24(27)15-16-38-28;1-20-11-13-23(14-12-20)40(34,35)31(39-22-9-5-6-10-22)18-26(32)25(17-21-7-3-2-4-8-21)30-29(33)38-27-19-37-28-24(27)15-16-36-28/h2-4,7-8,11-14,22,24-28H,5-6,9-10,15-19H2,1H3,(H,30,32)(H2,33,34,35);2-4,7-8,11-14,22,24-28,32H,5-6,9-10,15-19H2,1H3,(H,30,33)/t2*24-,25-,26+,27-,28+/m00/s1. The molecule has 6 aliphatic rings. The van der Waals surface area contributed by atoms with Crippen molar-refractivity contribution in [2.75, 3.05) is 39.5 Å². The monoisotopic (exact) mass is 1230 g/mol. The second kappa shape index (κ2) is 29.2. The van der Waals surface area contributed by atoms with Crippen LogP contribution in [0.2, 0.25) is 0 Å². The summed E-state index contributed by atoms with van der Waals surface area (Å²) in [6.07, 6.45) is 1.10. The van der Waals surface area contributed by atoms with E-state index >= 15 is 0 Å². The summed E-state index contributed by atoms with van der Waals surface area (Å²) >= 11 is 0. The number of aliphatic hydroxyl groups is 1. The van der Waals surface area contributed by atoms with Gasteiger partial charge in [-0.25, -0.2) is 31.0 Å². The predicted octanol–water partition coefficient (Wildman–Crippen LogP) is 6.76. The van der Waals surface area contributed by atoms with E-state index in [1.54, 1.807) is 54.6 Å². The highest BCUT2D eigenvalue weighted by atomic mass is 32.2. The van der Waals surface area contributed by atoms with E-state index < -0.39 is 95.5 Å². The molecule has 2 aliphatic carbocycles. The van der Waals surface area contributed by atoms with Crippen LogP contribution in [0.1, 0.15) is 86.5 Å². The smallest absolute Gasteiger partial charge is 0.443 e. The zero-order chi connectivity index (χ0) is 59.4. The number of aryl methyl sites for hydroxylation is 2. The van der Waals surface area contributed by atoms with Crippen LogP contribution in [0.4, 0.5) is 9.59 Å². The van der Waals surface area contributed by atoms with Gasteiger partial charge in [-0.2, -0.15) is 0 Å². The van der Waals surface area contributed by atoms with E-state index in [0.717, 1.165) is 70.6 Å². The highest BCUT2D eigenvalue weighted by Gasteiger charge is 2.46. The number of hydrogen-bond acceptors (Lipinski definition) is 17. The Kier molecular flexibility index (Phi) is 22.1. The van der Waals surface area contributed by atoms with Crippen LogP contribution in [-0.4, -0.2) is 154 Å². The van der Waals surface area contributed by atoms with Crippen molar-refractivity contribution in [1.82, 2.24) is 19.6 Å². The van der Waals surface area contributed by atoms with Gasteiger partial charge in [0.1, 0.15) is 18.3 Å². The third kappa shape index (κ3) is 17.4. The van der Waals surface area contributed by atoms with Gasteiger partial charge in [-0.15, -0.1) is 0 Å². The van der Waals surface area contributed by atoms with Crippen LogP contribution in [-0.2, 0) is 80.1 Å². The molecule has 4 saturated heterocycles. The van der Waals surface area contributed by atoms with Gasteiger partial charge in [0.05, 0.1) is 91.5 Å². The summed E-state index contributed by atoms with van der Waals surface area (Å²) in [5.74, 6) is -0.163. The van der Waals surface area contributed by atoms with E-state index in [9.17, 15) is 45.9 Å². The maximum absolute atomic E-state index is 13.9. The lowest BCUT2D eigenvalue weighted by Gasteiger charge is -2.33. The fourth-order valence-corrected chi connectivity index (χ4v) is 14.4. The first kappa shape index (κ1) is 63.6. The van der Waals surface area contributed by atoms with E-state index in [4.69, 9.17) is 42.6 Å². The van der Waals surface area contributed by atoms with Gasteiger partial charge in [-0.1, -0.05) is 131 Å². The maximum Gasteiger partial charge on any atom is 0.469 e. The molecule has 4 heterocycles. The van der Waals surface area contributed by atoms with Crippen LogP contribution in [0.3, 0.4) is 0 Å². The SMILES string of the molecule is Cc1ccc(S(=O)(=O)N(C[C@@H](O)[C@H](Cc2ccccc2)NC(=O)O[C@H]2CO[C@H]3OCC[C@H]32)OC2CCCC2)cc1.Cc1ccc(S(=O)(=O)N(C[C@@H](OP(=O)(O)O)[C@H](Cc2ccccc2)NC(=O)O[C@H]2CO[C@H]3OCC[C@H]32)OC2CCCC2)cc1.